The molecular formula is C17H14N4O3. The lowest BCUT2D eigenvalue weighted by molar-refractivity contribution is 0.174. The monoisotopic (exact) mass is 322 g/mol. The van der Waals surface area contributed by atoms with E-state index in [9.17, 15) is 5.26 Å². The Morgan fingerprint density at radius 1 is 1.29 bits per heavy atom. The molecule has 120 valence electrons. The van der Waals surface area contributed by atoms with Gasteiger partial charge in [-0.15, -0.1) is 0 Å². The molecule has 1 aliphatic heterocycles. The summed E-state index contributed by atoms with van der Waals surface area (Å²) in [5.74, 6) is 2.57. The van der Waals surface area contributed by atoms with Crippen LogP contribution in [0.4, 0.5) is 5.69 Å². The predicted molar refractivity (Wildman–Crippen MR) is 87.9 cm³/mol. The van der Waals surface area contributed by atoms with Gasteiger partial charge in [0.25, 0.3) is 0 Å². The molecule has 4 rings (SSSR count). The molecule has 1 aromatic heterocycles. The zero-order valence-electron chi connectivity index (χ0n) is 12.9. The molecule has 7 heteroatoms. The normalized spacial score (nSPS) is 12.3. The second-order valence-electron chi connectivity index (χ2n) is 5.33. The Bertz CT molecular complexity index is 988. The SMILES string of the molecule is COc1ccc(-c2nc3cc4c(cc3n2CC#N)OCO4)cc1N. The number of anilines is 1. The van der Waals surface area contributed by atoms with Crippen molar-refractivity contribution in [3.8, 4) is 34.7 Å². The maximum atomic E-state index is 9.20. The van der Waals surface area contributed by atoms with E-state index in [1.54, 1.807) is 19.2 Å². The van der Waals surface area contributed by atoms with Crippen molar-refractivity contribution in [3.63, 3.8) is 0 Å². The van der Waals surface area contributed by atoms with E-state index in [-0.39, 0.29) is 13.3 Å². The van der Waals surface area contributed by atoms with Crippen LogP contribution >= 0.6 is 0 Å². The molecule has 2 heterocycles. The molecule has 24 heavy (non-hydrogen) atoms. The van der Waals surface area contributed by atoms with Gasteiger partial charge in [-0.25, -0.2) is 4.98 Å². The van der Waals surface area contributed by atoms with Crippen molar-refractivity contribution in [2.45, 2.75) is 6.54 Å². The number of nitriles is 1. The number of nitrogens with two attached hydrogens (primary N) is 1. The summed E-state index contributed by atoms with van der Waals surface area (Å²) in [6.45, 7) is 0.361. The fourth-order valence-corrected chi connectivity index (χ4v) is 2.84. The van der Waals surface area contributed by atoms with Crippen molar-refractivity contribution in [1.82, 2.24) is 9.55 Å². The lowest BCUT2D eigenvalue weighted by atomic mass is 10.1. The third-order valence-corrected chi connectivity index (χ3v) is 3.96. The van der Waals surface area contributed by atoms with E-state index in [1.165, 1.54) is 0 Å². The number of aromatic nitrogens is 2. The Hall–Kier alpha value is -3.40. The van der Waals surface area contributed by atoms with Gasteiger partial charge in [0, 0.05) is 17.7 Å². The molecule has 0 spiro atoms. The first-order valence-electron chi connectivity index (χ1n) is 7.32. The smallest absolute Gasteiger partial charge is 0.231 e. The highest BCUT2D eigenvalue weighted by atomic mass is 16.7. The number of fused-ring (bicyclic) bond motifs is 2. The average molecular weight is 322 g/mol. The summed E-state index contributed by atoms with van der Waals surface area (Å²) >= 11 is 0. The van der Waals surface area contributed by atoms with Crippen molar-refractivity contribution in [3.05, 3.63) is 30.3 Å². The van der Waals surface area contributed by atoms with Crippen molar-refractivity contribution >= 4 is 16.7 Å². The number of methoxy groups -OCH3 is 1. The first kappa shape index (κ1) is 14.2. The highest BCUT2D eigenvalue weighted by Gasteiger charge is 2.20. The molecule has 0 saturated heterocycles. The van der Waals surface area contributed by atoms with E-state index >= 15 is 0 Å². The van der Waals surface area contributed by atoms with Gasteiger partial charge in [-0.3, -0.25) is 0 Å². The molecule has 0 radical (unpaired) electrons. The highest BCUT2D eigenvalue weighted by Crippen LogP contribution is 2.38. The van der Waals surface area contributed by atoms with Crippen LogP contribution in [0.1, 0.15) is 0 Å². The fraction of sp³-hybridized carbons (Fsp3) is 0.176. The standard InChI is InChI=1S/C17H14N4O3/c1-22-14-3-2-10(6-11(14)19)17-20-12-7-15-16(24-9-23-15)8-13(12)21(17)5-4-18/h2-3,6-8H,5,9,19H2,1H3. The molecule has 0 bridgehead atoms. The number of benzene rings is 2. The molecule has 0 fully saturated rings. The summed E-state index contributed by atoms with van der Waals surface area (Å²) in [5.41, 5.74) is 8.87. The largest absolute Gasteiger partial charge is 0.495 e. The number of nitrogen functional groups attached to an aromatic ring is 1. The maximum Gasteiger partial charge on any atom is 0.231 e. The lowest BCUT2D eigenvalue weighted by Gasteiger charge is -2.08. The topological polar surface area (TPSA) is 95.3 Å². The summed E-state index contributed by atoms with van der Waals surface area (Å²) in [5, 5.41) is 9.20. The van der Waals surface area contributed by atoms with Crippen molar-refractivity contribution < 1.29 is 14.2 Å². The first-order chi connectivity index (χ1) is 11.7. The van der Waals surface area contributed by atoms with E-state index in [2.05, 4.69) is 11.1 Å². The summed E-state index contributed by atoms with van der Waals surface area (Å²) in [4.78, 5) is 4.66. The van der Waals surface area contributed by atoms with Gasteiger partial charge < -0.3 is 24.5 Å². The summed E-state index contributed by atoms with van der Waals surface area (Å²) in [6.07, 6.45) is 0. The molecule has 3 aromatic rings. The highest BCUT2D eigenvalue weighted by molar-refractivity contribution is 5.85. The van der Waals surface area contributed by atoms with Crippen LogP contribution in [-0.2, 0) is 6.54 Å². The molecule has 7 nitrogen and oxygen atoms in total. The van der Waals surface area contributed by atoms with E-state index in [1.807, 2.05) is 22.8 Å². The van der Waals surface area contributed by atoms with Gasteiger partial charge in [-0.2, -0.15) is 5.26 Å². The number of rotatable bonds is 3. The van der Waals surface area contributed by atoms with Gasteiger partial charge >= 0.3 is 0 Å². The number of hydrogen-bond donors (Lipinski definition) is 1. The molecule has 0 aliphatic carbocycles. The van der Waals surface area contributed by atoms with Crippen LogP contribution in [0.2, 0.25) is 0 Å². The van der Waals surface area contributed by atoms with Crippen molar-refractivity contribution in [2.24, 2.45) is 0 Å². The van der Waals surface area contributed by atoms with E-state index < -0.39 is 0 Å². The minimum absolute atomic E-state index is 0.164. The van der Waals surface area contributed by atoms with Gasteiger partial charge in [0.05, 0.1) is 29.9 Å². The third kappa shape index (κ3) is 2.08. The molecule has 0 amide bonds. The molecule has 2 N–H and O–H groups in total. The van der Waals surface area contributed by atoms with Crippen molar-refractivity contribution in [1.29, 1.82) is 5.26 Å². The van der Waals surface area contributed by atoms with Gasteiger partial charge in [0.2, 0.25) is 6.79 Å². The summed E-state index contributed by atoms with van der Waals surface area (Å²) in [7, 11) is 1.57. The second kappa shape index (κ2) is 5.35. The zero-order valence-corrected chi connectivity index (χ0v) is 12.9. The Kier molecular flexibility index (Phi) is 3.17. The Labute approximate surface area is 137 Å². The first-order valence-corrected chi connectivity index (χ1v) is 7.32. The number of nitrogens with zero attached hydrogens (tertiary/aromatic N) is 3. The molecular weight excluding hydrogens is 308 g/mol. The van der Waals surface area contributed by atoms with Crippen LogP contribution in [0.15, 0.2) is 30.3 Å². The predicted octanol–water partition coefficient (Wildman–Crippen LogP) is 2.55. The van der Waals surface area contributed by atoms with Crippen molar-refractivity contribution in [2.75, 3.05) is 19.6 Å². The quantitative estimate of drug-likeness (QED) is 0.745. The number of ether oxygens (including phenoxy) is 3. The van der Waals surface area contributed by atoms with Crippen LogP contribution in [0.25, 0.3) is 22.4 Å². The van der Waals surface area contributed by atoms with Gasteiger partial charge in [0.1, 0.15) is 18.1 Å². The van der Waals surface area contributed by atoms with E-state index in [4.69, 9.17) is 19.9 Å². The Morgan fingerprint density at radius 3 is 2.79 bits per heavy atom. The average Bonchev–Trinajstić information content (AvgIpc) is 3.17. The minimum atomic E-state index is 0.164. The van der Waals surface area contributed by atoms with E-state index in [0.717, 1.165) is 16.6 Å². The second-order valence-corrected chi connectivity index (χ2v) is 5.33. The molecule has 0 atom stereocenters. The number of hydrogen-bond acceptors (Lipinski definition) is 6. The minimum Gasteiger partial charge on any atom is -0.495 e. The summed E-state index contributed by atoms with van der Waals surface area (Å²) in [6, 6.07) is 11.3. The molecule has 0 saturated carbocycles. The Morgan fingerprint density at radius 2 is 2.08 bits per heavy atom. The lowest BCUT2D eigenvalue weighted by Crippen LogP contribution is -2.00. The Balaban J connectivity index is 1.93. The van der Waals surface area contributed by atoms with Gasteiger partial charge in [-0.05, 0) is 18.2 Å². The third-order valence-electron chi connectivity index (χ3n) is 3.96. The molecule has 1 aliphatic rings. The number of imidazole rings is 1. The van der Waals surface area contributed by atoms with E-state index in [0.29, 0.717) is 28.8 Å². The molecule has 2 aromatic carbocycles. The molecule has 0 unspecified atom stereocenters. The van der Waals surface area contributed by atoms with Gasteiger partial charge in [-0.1, -0.05) is 0 Å². The van der Waals surface area contributed by atoms with Crippen LogP contribution in [0, 0.1) is 11.3 Å². The summed E-state index contributed by atoms with van der Waals surface area (Å²) < 4.78 is 17.8. The fourth-order valence-electron chi connectivity index (χ4n) is 2.84. The maximum absolute atomic E-state index is 9.20. The van der Waals surface area contributed by atoms with Crippen LogP contribution in [0.3, 0.4) is 0 Å². The van der Waals surface area contributed by atoms with Crippen LogP contribution in [0.5, 0.6) is 17.2 Å². The zero-order chi connectivity index (χ0) is 16.7. The van der Waals surface area contributed by atoms with Gasteiger partial charge in [0.15, 0.2) is 11.5 Å². The van der Waals surface area contributed by atoms with Crippen LogP contribution < -0.4 is 19.9 Å². The van der Waals surface area contributed by atoms with Crippen LogP contribution in [-0.4, -0.2) is 23.5 Å².